The lowest BCUT2D eigenvalue weighted by molar-refractivity contribution is 0.370. The van der Waals surface area contributed by atoms with Gasteiger partial charge in [0.25, 0.3) is 0 Å². The summed E-state index contributed by atoms with van der Waals surface area (Å²) in [5, 5.41) is 21.3. The summed E-state index contributed by atoms with van der Waals surface area (Å²) in [6, 6.07) is 0.533. The standard InChI is InChI=1S/C12H18BrIN4/c1-17-12(14)9(7-16)5-8(6-15)11(13)18-10-3-2-4-10/h6-7,10,15-18H,2-5H2,1H3/b11-8-,12-9-,15-6?,16-7?. The fourth-order valence-corrected chi connectivity index (χ4v) is 2.50. The summed E-state index contributed by atoms with van der Waals surface area (Å²) in [6.07, 6.45) is 6.93. The molecule has 18 heavy (non-hydrogen) atoms. The van der Waals surface area contributed by atoms with Gasteiger partial charge < -0.3 is 21.5 Å². The second-order valence-corrected chi connectivity index (χ2v) is 6.04. The van der Waals surface area contributed by atoms with E-state index < -0.39 is 0 Å². The molecule has 0 bridgehead atoms. The van der Waals surface area contributed by atoms with Crippen LogP contribution in [0, 0.1) is 10.8 Å². The van der Waals surface area contributed by atoms with E-state index in [4.69, 9.17) is 10.8 Å². The molecule has 1 rings (SSSR count). The molecule has 0 radical (unpaired) electrons. The van der Waals surface area contributed by atoms with Gasteiger partial charge >= 0.3 is 0 Å². The van der Waals surface area contributed by atoms with Crippen molar-refractivity contribution < 1.29 is 0 Å². The van der Waals surface area contributed by atoms with Gasteiger partial charge in [0, 0.05) is 43.1 Å². The third-order valence-electron chi connectivity index (χ3n) is 2.95. The van der Waals surface area contributed by atoms with E-state index in [0.29, 0.717) is 12.5 Å². The van der Waals surface area contributed by atoms with Crippen LogP contribution < -0.4 is 10.6 Å². The summed E-state index contributed by atoms with van der Waals surface area (Å²) in [6.45, 7) is 0. The lowest BCUT2D eigenvalue weighted by Gasteiger charge is -2.28. The van der Waals surface area contributed by atoms with E-state index in [2.05, 4.69) is 49.2 Å². The number of hydrogen-bond donors (Lipinski definition) is 4. The summed E-state index contributed by atoms with van der Waals surface area (Å²) >= 11 is 5.67. The number of nitrogens with one attached hydrogen (secondary N) is 4. The largest absolute Gasteiger partial charge is 0.383 e. The Hall–Kier alpha value is -0.370. The Morgan fingerprint density at radius 1 is 1.33 bits per heavy atom. The van der Waals surface area contributed by atoms with Crippen molar-refractivity contribution in [1.29, 1.82) is 10.8 Å². The first kappa shape index (κ1) is 15.7. The van der Waals surface area contributed by atoms with Gasteiger partial charge in [-0.05, 0) is 57.8 Å². The van der Waals surface area contributed by atoms with Crippen LogP contribution in [0.2, 0.25) is 0 Å². The summed E-state index contributed by atoms with van der Waals surface area (Å²) in [4.78, 5) is 0. The van der Waals surface area contributed by atoms with Crippen LogP contribution in [-0.2, 0) is 0 Å². The van der Waals surface area contributed by atoms with Gasteiger partial charge in [0.2, 0.25) is 0 Å². The highest BCUT2D eigenvalue weighted by molar-refractivity contribution is 14.1. The Balaban J connectivity index is 2.78. The second kappa shape index (κ2) is 7.93. The molecule has 1 saturated carbocycles. The summed E-state index contributed by atoms with van der Waals surface area (Å²) < 4.78 is 1.81. The topological polar surface area (TPSA) is 71.8 Å². The van der Waals surface area contributed by atoms with E-state index in [0.717, 1.165) is 19.5 Å². The predicted molar refractivity (Wildman–Crippen MR) is 89.0 cm³/mol. The van der Waals surface area contributed by atoms with E-state index >= 15 is 0 Å². The maximum Gasteiger partial charge on any atom is 0.0833 e. The third kappa shape index (κ3) is 4.38. The molecule has 4 N–H and O–H groups in total. The maximum atomic E-state index is 7.50. The van der Waals surface area contributed by atoms with Crippen molar-refractivity contribution in [3.63, 3.8) is 0 Å². The molecule has 0 aliphatic heterocycles. The highest BCUT2D eigenvalue weighted by atomic mass is 127. The average molecular weight is 425 g/mol. The zero-order chi connectivity index (χ0) is 13.5. The average Bonchev–Trinajstić information content (AvgIpc) is 2.34. The minimum absolute atomic E-state index is 0.533. The molecular weight excluding hydrogens is 407 g/mol. The monoisotopic (exact) mass is 424 g/mol. The number of rotatable bonds is 7. The van der Waals surface area contributed by atoms with Crippen molar-refractivity contribution >= 4 is 51.0 Å². The van der Waals surface area contributed by atoms with E-state index in [1.54, 1.807) is 0 Å². The van der Waals surface area contributed by atoms with Crippen LogP contribution in [0.1, 0.15) is 25.7 Å². The number of hydrogen-bond acceptors (Lipinski definition) is 4. The molecule has 0 aromatic rings. The lowest BCUT2D eigenvalue weighted by Crippen LogP contribution is -2.33. The zero-order valence-electron chi connectivity index (χ0n) is 10.3. The molecule has 0 aromatic carbocycles. The van der Waals surface area contributed by atoms with Crippen LogP contribution in [0.15, 0.2) is 19.5 Å². The van der Waals surface area contributed by atoms with Crippen LogP contribution in [0.5, 0.6) is 0 Å². The first-order chi connectivity index (χ1) is 8.62. The van der Waals surface area contributed by atoms with Crippen molar-refractivity contribution in [3.05, 3.63) is 19.5 Å². The van der Waals surface area contributed by atoms with Crippen LogP contribution in [0.3, 0.4) is 0 Å². The Bertz CT molecular complexity index is 386. The predicted octanol–water partition coefficient (Wildman–Crippen LogP) is 3.29. The molecule has 0 unspecified atom stereocenters. The first-order valence-electron chi connectivity index (χ1n) is 5.84. The van der Waals surface area contributed by atoms with Gasteiger partial charge in [-0.1, -0.05) is 0 Å². The lowest BCUT2D eigenvalue weighted by atomic mass is 9.93. The Kier molecular flexibility index (Phi) is 6.91. The van der Waals surface area contributed by atoms with Crippen LogP contribution in [-0.4, -0.2) is 25.5 Å². The van der Waals surface area contributed by atoms with Crippen molar-refractivity contribution in [2.75, 3.05) is 7.05 Å². The Labute approximate surface area is 130 Å². The Morgan fingerprint density at radius 2 is 1.94 bits per heavy atom. The summed E-state index contributed by atoms with van der Waals surface area (Å²) in [7, 11) is 1.83. The van der Waals surface area contributed by atoms with Gasteiger partial charge in [-0.2, -0.15) is 0 Å². The molecule has 0 aromatic heterocycles. The fraction of sp³-hybridized carbons (Fsp3) is 0.500. The molecule has 6 heteroatoms. The van der Waals surface area contributed by atoms with Gasteiger partial charge in [-0.15, -0.1) is 0 Å². The molecular formula is C12H18BrIN4. The quantitative estimate of drug-likeness (QED) is 0.287. The van der Waals surface area contributed by atoms with Gasteiger partial charge in [-0.3, -0.25) is 0 Å². The van der Waals surface area contributed by atoms with Gasteiger partial charge in [0.05, 0.1) is 8.31 Å². The zero-order valence-corrected chi connectivity index (χ0v) is 14.1. The van der Waals surface area contributed by atoms with Crippen molar-refractivity contribution in [2.24, 2.45) is 0 Å². The number of halogens is 2. The highest BCUT2D eigenvalue weighted by Crippen LogP contribution is 2.24. The highest BCUT2D eigenvalue weighted by Gasteiger charge is 2.18. The van der Waals surface area contributed by atoms with E-state index in [1.807, 2.05) is 7.05 Å². The van der Waals surface area contributed by atoms with Gasteiger partial charge in [-0.25, -0.2) is 0 Å². The van der Waals surface area contributed by atoms with Crippen LogP contribution in [0.25, 0.3) is 0 Å². The minimum Gasteiger partial charge on any atom is -0.383 e. The molecule has 4 nitrogen and oxygen atoms in total. The molecule has 100 valence electrons. The maximum absolute atomic E-state index is 7.50. The van der Waals surface area contributed by atoms with Crippen molar-refractivity contribution in [3.8, 4) is 0 Å². The smallest absolute Gasteiger partial charge is 0.0833 e. The molecule has 0 saturated heterocycles. The third-order valence-corrected chi connectivity index (χ3v) is 4.92. The Morgan fingerprint density at radius 3 is 2.33 bits per heavy atom. The molecule has 0 heterocycles. The fourth-order valence-electron chi connectivity index (χ4n) is 1.57. The van der Waals surface area contributed by atoms with Crippen molar-refractivity contribution in [1.82, 2.24) is 10.6 Å². The second-order valence-electron chi connectivity index (χ2n) is 4.17. The van der Waals surface area contributed by atoms with E-state index in [1.165, 1.54) is 31.7 Å². The van der Waals surface area contributed by atoms with E-state index in [-0.39, 0.29) is 0 Å². The van der Waals surface area contributed by atoms with E-state index in [9.17, 15) is 0 Å². The van der Waals surface area contributed by atoms with Gasteiger partial charge in [0.15, 0.2) is 0 Å². The molecule has 1 aliphatic carbocycles. The first-order valence-corrected chi connectivity index (χ1v) is 7.72. The van der Waals surface area contributed by atoms with Gasteiger partial charge in [0.1, 0.15) is 0 Å². The normalized spacial score (nSPS) is 18.2. The number of allylic oxidation sites excluding steroid dienone is 2. The SMILES string of the molecule is CN/C(I)=C(\C=N)C/C(C=N)=C(\Br)NC1CCC1. The molecule has 1 fully saturated rings. The molecule has 0 atom stereocenters. The molecule has 1 aliphatic rings. The molecule has 0 amide bonds. The summed E-state index contributed by atoms with van der Waals surface area (Å²) in [5.74, 6) is 0. The van der Waals surface area contributed by atoms with Crippen LogP contribution in [0.4, 0.5) is 0 Å². The summed E-state index contributed by atoms with van der Waals surface area (Å²) in [5.41, 5.74) is 1.74. The molecule has 0 spiro atoms. The van der Waals surface area contributed by atoms with Crippen LogP contribution >= 0.6 is 38.5 Å². The minimum atomic E-state index is 0.533. The van der Waals surface area contributed by atoms with Crippen molar-refractivity contribution in [2.45, 2.75) is 31.7 Å².